The maximum atomic E-state index is 12.8. The molecule has 3 heterocycles. The molecule has 1 aliphatic rings. The molecule has 1 atom stereocenters. The van der Waals surface area contributed by atoms with Gasteiger partial charge in [-0.1, -0.05) is 30.3 Å². The molecule has 0 spiro atoms. The quantitative estimate of drug-likeness (QED) is 0.498. The van der Waals surface area contributed by atoms with Crippen molar-refractivity contribution >= 4 is 22.6 Å². The molecule has 1 aliphatic heterocycles. The molecule has 0 aliphatic carbocycles. The van der Waals surface area contributed by atoms with E-state index in [1.807, 2.05) is 50.4 Å². The molecular formula is C25H24N4O4. The van der Waals surface area contributed by atoms with E-state index >= 15 is 0 Å². The molecule has 1 N–H and O–H groups in total. The number of pyridine rings is 1. The fourth-order valence-corrected chi connectivity index (χ4v) is 3.93. The molecule has 0 saturated carbocycles. The van der Waals surface area contributed by atoms with Gasteiger partial charge in [-0.15, -0.1) is 0 Å². The van der Waals surface area contributed by atoms with Crippen molar-refractivity contribution in [1.29, 1.82) is 0 Å². The third kappa shape index (κ3) is 4.07. The Morgan fingerprint density at radius 3 is 2.64 bits per heavy atom. The third-order valence-corrected chi connectivity index (χ3v) is 5.51. The zero-order valence-electron chi connectivity index (χ0n) is 18.7. The highest BCUT2D eigenvalue weighted by Crippen LogP contribution is 2.34. The van der Waals surface area contributed by atoms with E-state index in [0.717, 1.165) is 22.2 Å². The van der Waals surface area contributed by atoms with Gasteiger partial charge in [0, 0.05) is 24.9 Å². The van der Waals surface area contributed by atoms with E-state index in [-0.39, 0.29) is 5.91 Å². The monoisotopic (exact) mass is 444 g/mol. The number of aromatic nitrogens is 3. The Balaban J connectivity index is 1.40. The van der Waals surface area contributed by atoms with Gasteiger partial charge in [-0.3, -0.25) is 9.48 Å². The first kappa shape index (κ1) is 20.8. The molecule has 4 aromatic rings. The number of benzene rings is 2. The zero-order valence-corrected chi connectivity index (χ0v) is 18.7. The number of hydrogen-bond acceptors (Lipinski definition) is 6. The minimum Gasteiger partial charge on any atom is -0.486 e. The van der Waals surface area contributed by atoms with Crippen LogP contribution in [0.15, 0.2) is 54.6 Å². The summed E-state index contributed by atoms with van der Waals surface area (Å²) in [5.74, 6) is 1.34. The Kier molecular flexibility index (Phi) is 5.34. The number of anilines is 1. The average Bonchev–Trinajstić information content (AvgIpc) is 3.12. The number of fused-ring (bicyclic) bond motifs is 2. The van der Waals surface area contributed by atoms with Crippen molar-refractivity contribution in [2.24, 2.45) is 7.05 Å². The summed E-state index contributed by atoms with van der Waals surface area (Å²) in [5.41, 5.74) is 4.17. The number of hydrogen-bond donors (Lipinski definition) is 1. The van der Waals surface area contributed by atoms with Gasteiger partial charge >= 0.3 is 0 Å². The predicted molar refractivity (Wildman–Crippen MR) is 125 cm³/mol. The normalized spacial score (nSPS) is 13.5. The highest BCUT2D eigenvalue weighted by Gasteiger charge is 2.20. The van der Waals surface area contributed by atoms with Gasteiger partial charge in [0.15, 0.2) is 23.3 Å². The van der Waals surface area contributed by atoms with Gasteiger partial charge in [-0.25, -0.2) is 0 Å². The molecule has 2 aromatic heterocycles. The van der Waals surface area contributed by atoms with E-state index in [1.165, 1.54) is 0 Å². The molecular weight excluding hydrogens is 420 g/mol. The summed E-state index contributed by atoms with van der Waals surface area (Å²) in [6.45, 7) is 4.65. The molecule has 0 fully saturated rings. The van der Waals surface area contributed by atoms with Crippen LogP contribution in [0, 0.1) is 6.92 Å². The lowest BCUT2D eigenvalue weighted by Gasteiger charge is -2.20. The summed E-state index contributed by atoms with van der Waals surface area (Å²) < 4.78 is 18.8. The summed E-state index contributed by atoms with van der Waals surface area (Å²) in [4.78, 5) is 17.5. The first-order valence-corrected chi connectivity index (χ1v) is 10.8. The number of amides is 1. The number of carbonyl (C=O) groups excluding carboxylic acids is 1. The van der Waals surface area contributed by atoms with Gasteiger partial charge in [-0.05, 0) is 37.1 Å². The van der Waals surface area contributed by atoms with Crippen molar-refractivity contribution in [1.82, 2.24) is 14.8 Å². The molecule has 0 saturated heterocycles. The van der Waals surface area contributed by atoms with Crippen molar-refractivity contribution in [3.05, 3.63) is 60.3 Å². The van der Waals surface area contributed by atoms with Crippen molar-refractivity contribution in [2.45, 2.75) is 20.0 Å². The van der Waals surface area contributed by atoms with E-state index in [2.05, 4.69) is 15.4 Å². The first-order valence-electron chi connectivity index (χ1n) is 10.8. The van der Waals surface area contributed by atoms with Crippen LogP contribution in [0.4, 0.5) is 5.69 Å². The van der Waals surface area contributed by atoms with Gasteiger partial charge in [0.25, 0.3) is 5.91 Å². The van der Waals surface area contributed by atoms with Gasteiger partial charge in [0.2, 0.25) is 5.88 Å². The fraction of sp³-hybridized carbons (Fsp3) is 0.240. The summed E-state index contributed by atoms with van der Waals surface area (Å²) >= 11 is 0. The number of aryl methyl sites for hydroxylation is 2. The van der Waals surface area contributed by atoms with Crippen LogP contribution in [-0.4, -0.2) is 40.0 Å². The van der Waals surface area contributed by atoms with Crippen LogP contribution in [-0.2, 0) is 11.8 Å². The molecule has 8 heteroatoms. The van der Waals surface area contributed by atoms with Crippen LogP contribution in [0.5, 0.6) is 17.4 Å². The predicted octanol–water partition coefficient (Wildman–Crippen LogP) is 4.12. The van der Waals surface area contributed by atoms with E-state index in [0.29, 0.717) is 41.9 Å². The minimum absolute atomic E-state index is 0.295. The highest BCUT2D eigenvalue weighted by molar-refractivity contribution is 5.96. The Morgan fingerprint density at radius 1 is 1.09 bits per heavy atom. The Bertz CT molecular complexity index is 1330. The van der Waals surface area contributed by atoms with Gasteiger partial charge in [0.1, 0.15) is 13.2 Å². The molecule has 2 aromatic carbocycles. The highest BCUT2D eigenvalue weighted by atomic mass is 16.6. The van der Waals surface area contributed by atoms with Crippen molar-refractivity contribution in [3.63, 3.8) is 0 Å². The Morgan fingerprint density at radius 2 is 1.85 bits per heavy atom. The Labute approximate surface area is 191 Å². The molecule has 0 bridgehead atoms. The number of nitrogens with one attached hydrogen (secondary N) is 1. The maximum Gasteiger partial charge on any atom is 0.265 e. The first-order chi connectivity index (χ1) is 16.0. The summed E-state index contributed by atoms with van der Waals surface area (Å²) in [7, 11) is 1.85. The summed E-state index contributed by atoms with van der Waals surface area (Å²) in [6.07, 6.45) is -0.777. The lowest BCUT2D eigenvalue weighted by Crippen LogP contribution is -2.30. The van der Waals surface area contributed by atoms with Gasteiger partial charge in [0.05, 0.1) is 11.1 Å². The lowest BCUT2D eigenvalue weighted by atomic mass is 10.0. The Hall–Kier alpha value is -4.07. The zero-order chi connectivity index (χ0) is 22.9. The second-order valence-corrected chi connectivity index (χ2v) is 7.89. The van der Waals surface area contributed by atoms with E-state index in [1.54, 1.807) is 29.8 Å². The van der Waals surface area contributed by atoms with Crippen LogP contribution in [0.2, 0.25) is 0 Å². The third-order valence-electron chi connectivity index (χ3n) is 5.51. The topological polar surface area (TPSA) is 87.5 Å². The maximum absolute atomic E-state index is 12.8. The van der Waals surface area contributed by atoms with Crippen LogP contribution < -0.4 is 19.5 Å². The summed E-state index contributed by atoms with van der Waals surface area (Å²) in [5, 5.41) is 8.35. The molecule has 0 radical (unpaired) electrons. The number of rotatable bonds is 5. The molecule has 8 nitrogen and oxygen atoms in total. The second-order valence-electron chi connectivity index (χ2n) is 7.89. The van der Waals surface area contributed by atoms with E-state index in [4.69, 9.17) is 14.2 Å². The largest absolute Gasteiger partial charge is 0.486 e. The fourth-order valence-electron chi connectivity index (χ4n) is 3.93. The van der Waals surface area contributed by atoms with Crippen LogP contribution in [0.1, 0.15) is 12.6 Å². The van der Waals surface area contributed by atoms with E-state index < -0.39 is 6.10 Å². The van der Waals surface area contributed by atoms with Crippen LogP contribution in [0.25, 0.3) is 22.2 Å². The van der Waals surface area contributed by atoms with Crippen molar-refractivity contribution in [2.75, 3.05) is 18.5 Å². The number of nitrogens with zero attached hydrogens (tertiary/aromatic N) is 3. The molecule has 33 heavy (non-hydrogen) atoms. The van der Waals surface area contributed by atoms with Crippen LogP contribution in [0.3, 0.4) is 0 Å². The van der Waals surface area contributed by atoms with Gasteiger partial charge in [-0.2, -0.15) is 10.1 Å². The molecule has 5 rings (SSSR count). The SMILES string of the molecule is Cc1nn(C)c2nc(O[C@H](C)C(=O)Nc3ccc4c(c3)OCCO4)cc(-c3ccccc3)c12. The molecule has 168 valence electrons. The number of carbonyl (C=O) groups is 1. The average molecular weight is 444 g/mol. The van der Waals surface area contributed by atoms with Crippen LogP contribution >= 0.6 is 0 Å². The smallest absolute Gasteiger partial charge is 0.265 e. The van der Waals surface area contributed by atoms with Crippen molar-refractivity contribution < 1.29 is 19.0 Å². The second kappa shape index (κ2) is 8.46. The molecule has 0 unspecified atom stereocenters. The standard InChI is InChI=1S/C25H24N4O4/c1-15-23-19(17-7-5-4-6-8-17)14-22(27-24(23)29(3)28-15)33-16(2)25(30)26-18-9-10-20-21(13-18)32-12-11-31-20/h4-10,13-14,16H,11-12H2,1-3H3,(H,26,30)/t16-/m1/s1. The lowest BCUT2D eigenvalue weighted by molar-refractivity contribution is -0.122. The van der Waals surface area contributed by atoms with E-state index in [9.17, 15) is 4.79 Å². The van der Waals surface area contributed by atoms with Gasteiger partial charge < -0.3 is 19.5 Å². The summed E-state index contributed by atoms with van der Waals surface area (Å²) in [6, 6.07) is 17.2. The number of ether oxygens (including phenoxy) is 3. The van der Waals surface area contributed by atoms with Crippen molar-refractivity contribution in [3.8, 4) is 28.5 Å². The minimum atomic E-state index is -0.777. The molecule has 1 amide bonds.